The minimum absolute atomic E-state index is 0.0295. The van der Waals surface area contributed by atoms with E-state index in [0.29, 0.717) is 36.0 Å². The van der Waals surface area contributed by atoms with Crippen LogP contribution in [0.2, 0.25) is 10.0 Å². The summed E-state index contributed by atoms with van der Waals surface area (Å²) in [6.07, 6.45) is 2.77. The summed E-state index contributed by atoms with van der Waals surface area (Å²) < 4.78 is 0. The zero-order chi connectivity index (χ0) is 27.2. The minimum Gasteiger partial charge on any atom is -0.481 e. The summed E-state index contributed by atoms with van der Waals surface area (Å²) in [5, 5.41) is 13.0. The van der Waals surface area contributed by atoms with Crippen molar-refractivity contribution in [2.45, 2.75) is 69.2 Å². The van der Waals surface area contributed by atoms with Gasteiger partial charge >= 0.3 is 5.97 Å². The van der Waals surface area contributed by atoms with Crippen molar-refractivity contribution < 1.29 is 19.5 Å². The average Bonchev–Trinajstić information content (AvgIpc) is 3.24. The summed E-state index contributed by atoms with van der Waals surface area (Å²) in [7, 11) is 0. The van der Waals surface area contributed by atoms with Gasteiger partial charge in [-0.2, -0.15) is 0 Å². The Hall–Kier alpha value is -2.65. The number of rotatable bonds is 10. The molecule has 2 saturated heterocycles. The molecule has 204 valence electrons. The standard InChI is InChI=1S/C28H34Cl2N4O4/c29-22-9-7-19(14-23(22)30)16-32-27(37)24(10-11-26(35)36)33-13-12-21(8-6-18-4-2-1-3-5-18)34-17-20(31)15-25(34)28(33)38/h1-5,7,9,14,20-21,24-25H,6,8,10-13,15-17,31H2,(H,32,37)(H,35,36)/t20-,21-,24-,25+/m1/s1. The molecule has 0 spiro atoms. The van der Waals surface area contributed by atoms with Crippen molar-refractivity contribution in [2.75, 3.05) is 13.1 Å². The van der Waals surface area contributed by atoms with E-state index in [1.54, 1.807) is 23.1 Å². The van der Waals surface area contributed by atoms with Gasteiger partial charge in [-0.3, -0.25) is 19.3 Å². The quantitative estimate of drug-likeness (QED) is 0.409. The fraction of sp³-hybridized carbons (Fsp3) is 0.464. The van der Waals surface area contributed by atoms with E-state index in [-0.39, 0.29) is 43.3 Å². The van der Waals surface area contributed by atoms with Crippen LogP contribution in [0.15, 0.2) is 48.5 Å². The van der Waals surface area contributed by atoms with Crippen LogP contribution in [0.5, 0.6) is 0 Å². The minimum atomic E-state index is -1.01. The summed E-state index contributed by atoms with van der Waals surface area (Å²) in [4.78, 5) is 42.4. The van der Waals surface area contributed by atoms with Gasteiger partial charge in [0.15, 0.2) is 0 Å². The number of amides is 2. The van der Waals surface area contributed by atoms with Gasteiger partial charge < -0.3 is 21.1 Å². The second-order valence-electron chi connectivity index (χ2n) is 10.1. The molecular weight excluding hydrogens is 527 g/mol. The topological polar surface area (TPSA) is 116 Å². The molecule has 2 amide bonds. The van der Waals surface area contributed by atoms with Gasteiger partial charge in [-0.1, -0.05) is 59.6 Å². The SMILES string of the molecule is N[C@@H]1C[C@H]2C(=O)N([C@H](CCC(=O)O)C(=O)NCc3ccc(Cl)c(Cl)c3)CC[C@@H](CCc3ccccc3)N2C1. The molecule has 2 heterocycles. The highest BCUT2D eigenvalue weighted by Gasteiger charge is 2.45. The number of benzene rings is 2. The first-order valence-electron chi connectivity index (χ1n) is 13.0. The van der Waals surface area contributed by atoms with Crippen LogP contribution >= 0.6 is 23.2 Å². The molecule has 0 aromatic heterocycles. The zero-order valence-electron chi connectivity index (χ0n) is 21.2. The number of nitrogens with zero attached hydrogens (tertiary/aromatic N) is 2. The van der Waals surface area contributed by atoms with E-state index in [0.717, 1.165) is 18.4 Å². The molecule has 0 aliphatic carbocycles. The van der Waals surface area contributed by atoms with Gasteiger partial charge in [0.05, 0.1) is 16.1 Å². The van der Waals surface area contributed by atoms with Crippen molar-refractivity contribution in [2.24, 2.45) is 5.73 Å². The van der Waals surface area contributed by atoms with Crippen LogP contribution in [0.3, 0.4) is 0 Å². The zero-order valence-corrected chi connectivity index (χ0v) is 22.7. The molecule has 2 fully saturated rings. The normalized spacial score (nSPS) is 22.6. The number of carbonyl (C=O) groups is 3. The van der Waals surface area contributed by atoms with Gasteiger partial charge in [0.2, 0.25) is 11.8 Å². The van der Waals surface area contributed by atoms with Crippen molar-refractivity contribution in [1.29, 1.82) is 0 Å². The molecule has 2 aromatic carbocycles. The second kappa shape index (κ2) is 12.9. The van der Waals surface area contributed by atoms with Gasteiger partial charge in [-0.05, 0) is 55.4 Å². The number of carbonyl (C=O) groups excluding carboxylic acids is 2. The van der Waals surface area contributed by atoms with E-state index in [2.05, 4.69) is 22.3 Å². The molecule has 0 saturated carbocycles. The van der Waals surface area contributed by atoms with Crippen LogP contribution in [0.25, 0.3) is 0 Å². The van der Waals surface area contributed by atoms with Crippen molar-refractivity contribution >= 4 is 41.0 Å². The molecule has 0 radical (unpaired) electrons. The Morgan fingerprint density at radius 1 is 1.11 bits per heavy atom. The van der Waals surface area contributed by atoms with E-state index in [1.807, 2.05) is 18.2 Å². The number of halogens is 2. The molecule has 8 nitrogen and oxygen atoms in total. The number of carboxylic acids is 1. The molecule has 38 heavy (non-hydrogen) atoms. The Kier molecular flexibility index (Phi) is 9.65. The number of fused-ring (bicyclic) bond motifs is 1. The lowest BCUT2D eigenvalue weighted by Gasteiger charge is -2.32. The van der Waals surface area contributed by atoms with Crippen LogP contribution < -0.4 is 11.1 Å². The molecular formula is C28H34Cl2N4O4. The second-order valence-corrected chi connectivity index (χ2v) is 10.9. The van der Waals surface area contributed by atoms with Crippen molar-refractivity contribution in [3.05, 3.63) is 69.7 Å². The Labute approximate surface area is 233 Å². The number of aliphatic carboxylic acids is 1. The van der Waals surface area contributed by atoms with E-state index in [1.165, 1.54) is 5.56 Å². The van der Waals surface area contributed by atoms with Crippen LogP contribution in [0, 0.1) is 0 Å². The lowest BCUT2D eigenvalue weighted by atomic mass is 10.0. The Morgan fingerprint density at radius 2 is 1.87 bits per heavy atom. The number of hydrogen-bond donors (Lipinski definition) is 3. The van der Waals surface area contributed by atoms with Gasteiger partial charge in [0, 0.05) is 38.1 Å². The maximum absolute atomic E-state index is 13.8. The highest BCUT2D eigenvalue weighted by Crippen LogP contribution is 2.30. The molecule has 4 atom stereocenters. The first-order chi connectivity index (χ1) is 18.2. The van der Waals surface area contributed by atoms with Gasteiger partial charge in [-0.15, -0.1) is 0 Å². The largest absolute Gasteiger partial charge is 0.481 e. The highest BCUT2D eigenvalue weighted by atomic mass is 35.5. The molecule has 2 aromatic rings. The number of hydrogen-bond acceptors (Lipinski definition) is 5. The summed E-state index contributed by atoms with van der Waals surface area (Å²) in [5.74, 6) is -1.55. The fourth-order valence-corrected chi connectivity index (χ4v) is 5.86. The Balaban J connectivity index is 1.51. The molecule has 0 unspecified atom stereocenters. The van der Waals surface area contributed by atoms with Crippen LogP contribution in [-0.2, 0) is 27.3 Å². The van der Waals surface area contributed by atoms with Crippen LogP contribution in [-0.4, -0.2) is 69.9 Å². The summed E-state index contributed by atoms with van der Waals surface area (Å²) in [5.41, 5.74) is 8.29. The monoisotopic (exact) mass is 560 g/mol. The predicted molar refractivity (Wildman–Crippen MR) is 147 cm³/mol. The van der Waals surface area contributed by atoms with Crippen molar-refractivity contribution in [3.63, 3.8) is 0 Å². The number of aryl methyl sites for hydroxylation is 1. The Morgan fingerprint density at radius 3 is 2.58 bits per heavy atom. The number of carboxylic acid groups (broad SMARTS) is 1. The van der Waals surface area contributed by atoms with Crippen LogP contribution in [0.1, 0.15) is 43.2 Å². The first kappa shape index (κ1) is 28.4. The summed E-state index contributed by atoms with van der Waals surface area (Å²) >= 11 is 12.1. The maximum atomic E-state index is 13.8. The third kappa shape index (κ3) is 7.05. The molecule has 4 N–H and O–H groups in total. The smallest absolute Gasteiger partial charge is 0.303 e. The van der Waals surface area contributed by atoms with Crippen LogP contribution in [0.4, 0.5) is 0 Å². The van der Waals surface area contributed by atoms with Crippen molar-refractivity contribution in [3.8, 4) is 0 Å². The molecule has 10 heteroatoms. The van der Waals surface area contributed by atoms with E-state index >= 15 is 0 Å². The van der Waals surface area contributed by atoms with Crippen molar-refractivity contribution in [1.82, 2.24) is 15.1 Å². The first-order valence-corrected chi connectivity index (χ1v) is 13.8. The van der Waals surface area contributed by atoms with E-state index in [4.69, 9.17) is 28.9 Å². The lowest BCUT2D eigenvalue weighted by Crippen LogP contribution is -2.53. The van der Waals surface area contributed by atoms with Gasteiger partial charge in [-0.25, -0.2) is 0 Å². The van der Waals surface area contributed by atoms with Gasteiger partial charge in [0.1, 0.15) is 6.04 Å². The average molecular weight is 562 g/mol. The molecule has 4 rings (SSSR count). The summed E-state index contributed by atoms with van der Waals surface area (Å²) in [6, 6.07) is 14.0. The number of nitrogens with one attached hydrogen (secondary N) is 1. The molecule has 2 aliphatic rings. The third-order valence-electron chi connectivity index (χ3n) is 7.48. The van der Waals surface area contributed by atoms with Gasteiger partial charge in [0.25, 0.3) is 0 Å². The van der Waals surface area contributed by atoms with E-state index < -0.39 is 18.1 Å². The highest BCUT2D eigenvalue weighted by molar-refractivity contribution is 6.42. The lowest BCUT2D eigenvalue weighted by molar-refractivity contribution is -0.144. The molecule has 0 bridgehead atoms. The van der Waals surface area contributed by atoms with E-state index in [9.17, 15) is 19.5 Å². The molecule has 2 aliphatic heterocycles. The fourth-order valence-electron chi connectivity index (χ4n) is 5.54. The number of nitrogens with two attached hydrogens (primary N) is 1. The maximum Gasteiger partial charge on any atom is 0.303 e. The summed E-state index contributed by atoms with van der Waals surface area (Å²) in [6.45, 7) is 1.19. The predicted octanol–water partition coefficient (Wildman–Crippen LogP) is 3.48. The third-order valence-corrected chi connectivity index (χ3v) is 8.22. The Bertz CT molecular complexity index is 1150.